The quantitative estimate of drug-likeness (QED) is 0.0716. The lowest BCUT2D eigenvalue weighted by Crippen LogP contribution is -2.33. The van der Waals surface area contributed by atoms with Gasteiger partial charge in [-0.2, -0.15) is 0 Å². The first-order valence-corrected chi connectivity index (χ1v) is 16.9. The second-order valence-corrected chi connectivity index (χ2v) is 15.8. The number of non-ortho nitro benzene ring substituents is 1. The molecule has 0 aromatic heterocycles. The summed E-state index contributed by atoms with van der Waals surface area (Å²) < 4.78 is 3.62. The van der Waals surface area contributed by atoms with Gasteiger partial charge in [0.05, 0.1) is 10.6 Å². The average Bonchev–Trinajstić information content (AvgIpc) is 3.12. The lowest BCUT2D eigenvalue weighted by atomic mass is 9.79. The molecule has 0 saturated carbocycles. The molecule has 232 valence electrons. The van der Waals surface area contributed by atoms with Crippen LogP contribution in [0, 0.1) is 49.8 Å². The van der Waals surface area contributed by atoms with Gasteiger partial charge >= 0.3 is 0 Å². The Morgan fingerprint density at radius 2 is 1.65 bits per heavy atom. The summed E-state index contributed by atoms with van der Waals surface area (Å²) in [5.74, 6) is 3.97. The first-order valence-electron chi connectivity index (χ1n) is 14.9. The topological polar surface area (TPSA) is 92.8 Å². The number of anilines is 1. The average molecular weight is 701 g/mol. The van der Waals surface area contributed by atoms with Crippen molar-refractivity contribution in [2.24, 2.45) is 17.3 Å². The molecule has 1 aromatic carbocycles. The Kier molecular flexibility index (Phi) is 11.2. The third kappa shape index (κ3) is 7.83. The summed E-state index contributed by atoms with van der Waals surface area (Å²) in [7, 11) is 0. The van der Waals surface area contributed by atoms with E-state index in [0.717, 1.165) is 54.1 Å². The first-order chi connectivity index (χ1) is 20.1. The third-order valence-electron chi connectivity index (χ3n) is 8.02. The van der Waals surface area contributed by atoms with Crippen molar-refractivity contribution >= 4 is 35.9 Å². The molecule has 8 nitrogen and oxygen atoms in total. The predicted molar refractivity (Wildman–Crippen MR) is 186 cm³/mol. The van der Waals surface area contributed by atoms with Gasteiger partial charge < -0.3 is 8.01 Å². The molecule has 0 bridgehead atoms. The van der Waals surface area contributed by atoms with Crippen LogP contribution in [0.4, 0.5) is 11.4 Å². The zero-order valence-electron chi connectivity index (χ0n) is 26.7. The maximum absolute atomic E-state index is 11.6. The van der Waals surface area contributed by atoms with E-state index in [9.17, 15) is 20.2 Å². The number of halogens is 1. The second-order valence-electron chi connectivity index (χ2n) is 13.0. The van der Waals surface area contributed by atoms with Gasteiger partial charge in [0.25, 0.3) is 5.69 Å². The summed E-state index contributed by atoms with van der Waals surface area (Å²) in [5, 5.41) is 22.6. The molecule has 0 amide bonds. The van der Waals surface area contributed by atoms with Gasteiger partial charge in [0, 0.05) is 82.4 Å². The highest BCUT2D eigenvalue weighted by atomic mass is 127. The van der Waals surface area contributed by atoms with E-state index in [0.29, 0.717) is 11.8 Å². The Morgan fingerprint density at radius 1 is 1.00 bits per heavy atom. The van der Waals surface area contributed by atoms with Crippen molar-refractivity contribution < 1.29 is 9.85 Å². The van der Waals surface area contributed by atoms with E-state index in [4.69, 9.17) is 6.42 Å². The standard InChI is InChI=1S/C34H45IN4O4/c1-10-27-30(13-12-20-38(40)41)37(22-19-25(4)5)35-31(33(27,6)7)14-11-15-32-34(8,9)28-23-26(39(42)43)16-17-29(28)36(32)21-18-24(2)3/h1,11-17,23-25H,18-22H2,2-9H3/b13-12-,14-11+,32-15+. The van der Waals surface area contributed by atoms with Crippen LogP contribution in [0.2, 0.25) is 0 Å². The van der Waals surface area contributed by atoms with E-state index in [-0.39, 0.29) is 22.1 Å². The number of hydrogen-bond donors (Lipinski definition) is 0. The van der Waals surface area contributed by atoms with Crippen molar-refractivity contribution in [3.63, 3.8) is 0 Å². The number of rotatable bonds is 12. The van der Waals surface area contributed by atoms with E-state index in [1.807, 2.05) is 12.1 Å². The van der Waals surface area contributed by atoms with Crippen molar-refractivity contribution in [3.05, 3.63) is 91.3 Å². The monoisotopic (exact) mass is 700 g/mol. The van der Waals surface area contributed by atoms with Crippen LogP contribution in [0.25, 0.3) is 0 Å². The molecule has 9 heteroatoms. The van der Waals surface area contributed by atoms with Crippen LogP contribution in [-0.2, 0) is 5.41 Å². The molecule has 1 aromatic rings. The number of nitro benzene ring substituents is 1. The van der Waals surface area contributed by atoms with Gasteiger partial charge in [-0.3, -0.25) is 20.2 Å². The van der Waals surface area contributed by atoms with E-state index in [1.165, 1.54) is 3.51 Å². The van der Waals surface area contributed by atoms with Gasteiger partial charge in [-0.25, -0.2) is 0 Å². The fourth-order valence-corrected chi connectivity index (χ4v) is 8.44. The van der Waals surface area contributed by atoms with Crippen LogP contribution in [0.3, 0.4) is 0 Å². The molecule has 0 aliphatic carbocycles. The van der Waals surface area contributed by atoms with Gasteiger partial charge in [-0.1, -0.05) is 73.5 Å². The second kappa shape index (κ2) is 14.0. The number of fused-ring (bicyclic) bond motifs is 1. The van der Waals surface area contributed by atoms with E-state index in [1.54, 1.807) is 18.2 Å². The summed E-state index contributed by atoms with van der Waals surface area (Å²) in [6, 6.07) is 5.20. The van der Waals surface area contributed by atoms with E-state index < -0.39 is 31.8 Å². The molecule has 0 unspecified atom stereocenters. The Bertz CT molecular complexity index is 1440. The Labute approximate surface area is 267 Å². The zero-order chi connectivity index (χ0) is 32.1. The molecule has 0 fully saturated rings. The molecule has 43 heavy (non-hydrogen) atoms. The van der Waals surface area contributed by atoms with Gasteiger partial charge in [0.2, 0.25) is 6.54 Å². The van der Waals surface area contributed by atoms with Crippen LogP contribution >= 0.6 is 21.0 Å². The number of benzene rings is 1. The molecule has 2 aliphatic rings. The Hall–Kier alpha value is -3.26. The van der Waals surface area contributed by atoms with Gasteiger partial charge in [-0.15, -0.1) is 6.42 Å². The molecule has 2 heterocycles. The smallest absolute Gasteiger partial charge is 0.269 e. The minimum atomic E-state index is -0.611. The van der Waals surface area contributed by atoms with E-state index in [2.05, 4.69) is 87.6 Å². The van der Waals surface area contributed by atoms with Crippen LogP contribution < -0.4 is 4.90 Å². The number of nitro groups is 2. The molecule has 0 atom stereocenters. The largest absolute Gasteiger partial charge is 0.344 e. The first kappa shape index (κ1) is 34.2. The van der Waals surface area contributed by atoms with Crippen LogP contribution in [-0.4, -0.2) is 36.1 Å². The molecule has 0 saturated heterocycles. The number of hydrogen-bond acceptors (Lipinski definition) is 6. The summed E-state index contributed by atoms with van der Waals surface area (Å²) in [6.45, 7) is 18.8. The van der Waals surface area contributed by atoms with Gasteiger partial charge in [0.15, 0.2) is 0 Å². The highest BCUT2D eigenvalue weighted by Crippen LogP contribution is 2.49. The SMILES string of the molecule is C#CC1=C(/C=C\C[N+](=O)[O-])N(CCC(C)C)I=C(/C=C/C=C2/N(CCC(C)C)c3ccc([N+](=O)[O-])cc3C2(C)C)C1(C)C. The highest BCUT2D eigenvalue weighted by Gasteiger charge is 2.41. The maximum atomic E-state index is 11.6. The maximum Gasteiger partial charge on any atom is 0.269 e. The zero-order valence-corrected chi connectivity index (χ0v) is 28.8. The van der Waals surface area contributed by atoms with Crippen molar-refractivity contribution in [1.82, 2.24) is 3.11 Å². The van der Waals surface area contributed by atoms with Crippen molar-refractivity contribution in [1.29, 1.82) is 0 Å². The lowest BCUT2D eigenvalue weighted by molar-refractivity contribution is -0.468. The van der Waals surface area contributed by atoms with Crippen LogP contribution in [0.1, 0.15) is 73.8 Å². The number of nitrogens with zero attached hydrogens (tertiary/aromatic N) is 4. The van der Waals surface area contributed by atoms with Crippen LogP contribution in [0.5, 0.6) is 0 Å². The molecule has 0 N–H and O–H groups in total. The molecular weight excluding hydrogens is 655 g/mol. The minimum absolute atomic E-state index is 0.106. The fraction of sp³-hybridized carbons (Fsp3) is 0.500. The summed E-state index contributed by atoms with van der Waals surface area (Å²) >= 11 is -0.611. The van der Waals surface area contributed by atoms with Crippen molar-refractivity contribution in [2.75, 3.05) is 24.5 Å². The predicted octanol–water partition coefficient (Wildman–Crippen LogP) is 8.34. The minimum Gasteiger partial charge on any atom is -0.344 e. The summed E-state index contributed by atoms with van der Waals surface area (Å²) in [4.78, 5) is 24.2. The van der Waals surface area contributed by atoms with Gasteiger partial charge in [0.1, 0.15) is 0 Å². The summed E-state index contributed by atoms with van der Waals surface area (Å²) in [6.07, 6.45) is 18.0. The molecular formula is C34H45IN4O4. The third-order valence-corrected chi connectivity index (χ3v) is 11.8. The molecule has 0 radical (unpaired) electrons. The Balaban J connectivity index is 2.06. The van der Waals surface area contributed by atoms with Crippen molar-refractivity contribution in [3.8, 4) is 12.3 Å². The summed E-state index contributed by atoms with van der Waals surface area (Å²) in [5.41, 5.74) is 4.17. The fourth-order valence-electron chi connectivity index (χ4n) is 5.39. The number of terminal acetylenes is 1. The van der Waals surface area contributed by atoms with Gasteiger partial charge in [-0.05, 0) is 54.5 Å². The van der Waals surface area contributed by atoms with Crippen molar-refractivity contribution in [2.45, 2.75) is 73.6 Å². The molecule has 2 aliphatic heterocycles. The highest BCUT2D eigenvalue weighted by molar-refractivity contribution is 14.2. The normalized spacial score (nSPS) is 18.9. The molecule has 0 spiro atoms. The molecule has 3 rings (SSSR count). The van der Waals surface area contributed by atoms with Crippen LogP contribution in [0.15, 0.2) is 65.5 Å². The number of allylic oxidation sites excluding steroid dienone is 6. The Morgan fingerprint density at radius 3 is 2.23 bits per heavy atom. The lowest BCUT2D eigenvalue weighted by Gasteiger charge is -2.37. The van der Waals surface area contributed by atoms with E-state index >= 15 is 0 Å².